The van der Waals surface area contributed by atoms with Gasteiger partial charge in [0.25, 0.3) is 0 Å². The molecule has 3 rings (SSSR count). The molecular weight excluding hydrogens is 486 g/mol. The van der Waals surface area contributed by atoms with Gasteiger partial charge < -0.3 is 18.8 Å². The van der Waals surface area contributed by atoms with Crippen molar-refractivity contribution in [2.24, 2.45) is 5.92 Å². The van der Waals surface area contributed by atoms with E-state index in [1.54, 1.807) is 47.9 Å². The number of rotatable bonds is 8. The summed E-state index contributed by atoms with van der Waals surface area (Å²) in [4.78, 5) is 44.0. The van der Waals surface area contributed by atoms with Crippen molar-refractivity contribution in [3.05, 3.63) is 48.0 Å². The van der Waals surface area contributed by atoms with E-state index in [2.05, 4.69) is 24.0 Å². The van der Waals surface area contributed by atoms with Gasteiger partial charge in [-0.25, -0.2) is 19.5 Å². The lowest BCUT2D eigenvalue weighted by atomic mass is 9.97. The number of imidazole rings is 1. The molecule has 1 fully saturated rings. The van der Waals surface area contributed by atoms with E-state index in [1.165, 1.54) is 12.7 Å². The minimum absolute atomic E-state index is 0.0279. The number of hydrogen-bond donors (Lipinski definition) is 0. The minimum Gasteiger partial charge on any atom is -0.468 e. The highest BCUT2D eigenvalue weighted by Crippen LogP contribution is 2.57. The van der Waals surface area contributed by atoms with Crippen LogP contribution in [0.15, 0.2) is 36.8 Å². The number of benzene rings is 1. The van der Waals surface area contributed by atoms with Gasteiger partial charge in [0.05, 0.1) is 19.1 Å². The van der Waals surface area contributed by atoms with Crippen LogP contribution in [0.25, 0.3) is 5.69 Å². The Morgan fingerprint density at radius 1 is 1.03 bits per heavy atom. The SMILES string of the molecule is CCc1ccc(-n2cnc([C@@]3(C(=O)OC)C[C@@H]3CCCN(C(=O)OC(C)(C)C)C(=O)OC(C)(C)C)c2)cc1. The number of hydrogen-bond acceptors (Lipinski definition) is 7. The average Bonchev–Trinajstić information content (AvgIpc) is 3.33. The molecule has 1 aromatic carbocycles. The lowest BCUT2D eigenvalue weighted by Gasteiger charge is -2.28. The summed E-state index contributed by atoms with van der Waals surface area (Å²) < 4.78 is 17.9. The summed E-state index contributed by atoms with van der Waals surface area (Å²) >= 11 is 0. The molecule has 38 heavy (non-hydrogen) atoms. The quantitative estimate of drug-likeness (QED) is 0.315. The molecule has 0 aliphatic heterocycles. The number of ether oxygens (including phenoxy) is 3. The molecule has 1 heterocycles. The Balaban J connectivity index is 1.72. The second-order valence-corrected chi connectivity index (χ2v) is 11.8. The fourth-order valence-electron chi connectivity index (χ4n) is 4.51. The lowest BCUT2D eigenvalue weighted by Crippen LogP contribution is -2.44. The van der Waals surface area contributed by atoms with Crippen LogP contribution < -0.4 is 0 Å². The largest absolute Gasteiger partial charge is 0.468 e. The molecule has 0 N–H and O–H groups in total. The molecule has 1 saturated carbocycles. The summed E-state index contributed by atoms with van der Waals surface area (Å²) in [6.45, 7) is 12.7. The predicted octanol–water partition coefficient (Wildman–Crippen LogP) is 5.82. The molecule has 2 aromatic rings. The third-order valence-corrected chi connectivity index (χ3v) is 6.50. The molecule has 9 nitrogen and oxygen atoms in total. The molecule has 1 aliphatic carbocycles. The van der Waals surface area contributed by atoms with Gasteiger partial charge in [0.15, 0.2) is 0 Å². The predicted molar refractivity (Wildman–Crippen MR) is 143 cm³/mol. The fourth-order valence-corrected chi connectivity index (χ4v) is 4.51. The molecule has 1 aliphatic rings. The van der Waals surface area contributed by atoms with Crippen molar-refractivity contribution >= 4 is 18.2 Å². The molecule has 0 radical (unpaired) electrons. The molecular formula is C29H41N3O6. The van der Waals surface area contributed by atoms with E-state index in [9.17, 15) is 14.4 Å². The first-order valence-corrected chi connectivity index (χ1v) is 13.2. The van der Waals surface area contributed by atoms with Gasteiger partial charge in [-0.3, -0.25) is 4.79 Å². The van der Waals surface area contributed by atoms with Crippen molar-refractivity contribution in [3.63, 3.8) is 0 Å². The molecule has 0 bridgehead atoms. The number of imide groups is 1. The van der Waals surface area contributed by atoms with Gasteiger partial charge in [0, 0.05) is 18.4 Å². The molecule has 1 aromatic heterocycles. The number of nitrogens with zero attached hydrogens (tertiary/aromatic N) is 3. The molecule has 2 atom stereocenters. The Labute approximate surface area is 225 Å². The molecule has 208 valence electrons. The van der Waals surface area contributed by atoms with Crippen LogP contribution in [0, 0.1) is 5.92 Å². The van der Waals surface area contributed by atoms with Crippen molar-refractivity contribution in [3.8, 4) is 5.69 Å². The van der Waals surface area contributed by atoms with Crippen molar-refractivity contribution in [2.45, 2.75) is 90.8 Å². The van der Waals surface area contributed by atoms with Crippen LogP contribution in [0.4, 0.5) is 9.59 Å². The van der Waals surface area contributed by atoms with E-state index in [0.29, 0.717) is 25.0 Å². The summed E-state index contributed by atoms with van der Waals surface area (Å²) in [6, 6.07) is 8.21. The monoisotopic (exact) mass is 527 g/mol. The molecule has 0 saturated heterocycles. The van der Waals surface area contributed by atoms with Crippen LogP contribution >= 0.6 is 0 Å². The number of carbonyl (C=O) groups is 3. The zero-order chi connectivity index (χ0) is 28.3. The van der Waals surface area contributed by atoms with Gasteiger partial charge >= 0.3 is 18.2 Å². The summed E-state index contributed by atoms with van der Waals surface area (Å²) in [7, 11) is 1.38. The summed E-state index contributed by atoms with van der Waals surface area (Å²) in [5.74, 6) is -0.356. The third-order valence-electron chi connectivity index (χ3n) is 6.50. The number of aromatic nitrogens is 2. The normalized spacial score (nSPS) is 19.0. The van der Waals surface area contributed by atoms with Gasteiger partial charge in [0.1, 0.15) is 16.6 Å². The number of esters is 1. The van der Waals surface area contributed by atoms with Crippen LogP contribution in [-0.4, -0.2) is 57.5 Å². The Hall–Kier alpha value is -3.36. The Morgan fingerprint density at radius 3 is 2.11 bits per heavy atom. The zero-order valence-electron chi connectivity index (χ0n) is 23.9. The van der Waals surface area contributed by atoms with E-state index in [4.69, 9.17) is 14.2 Å². The van der Waals surface area contributed by atoms with Gasteiger partial charge in [-0.2, -0.15) is 0 Å². The fraction of sp³-hybridized carbons (Fsp3) is 0.586. The standard InChI is InChI=1S/C29H41N3O6/c1-9-20-12-14-22(15-13-20)31-18-23(30-19-31)29(24(33)36-8)17-21(29)11-10-16-32(25(34)37-27(2,3)4)26(35)38-28(5,6)7/h12-15,18-19,21H,9-11,16-17H2,1-8H3/t21-,29+/m0/s1. The summed E-state index contributed by atoms with van der Waals surface area (Å²) in [5.41, 5.74) is 0.502. The van der Waals surface area contributed by atoms with E-state index >= 15 is 0 Å². The van der Waals surface area contributed by atoms with Gasteiger partial charge in [-0.15, -0.1) is 0 Å². The Morgan fingerprint density at radius 2 is 1.61 bits per heavy atom. The van der Waals surface area contributed by atoms with E-state index < -0.39 is 28.8 Å². The van der Waals surface area contributed by atoms with E-state index in [0.717, 1.165) is 17.0 Å². The highest BCUT2D eigenvalue weighted by molar-refractivity contribution is 5.88. The molecule has 2 amide bonds. The maximum absolute atomic E-state index is 12.9. The van der Waals surface area contributed by atoms with Gasteiger partial charge in [-0.05, 0) is 90.8 Å². The lowest BCUT2D eigenvalue weighted by molar-refractivity contribution is -0.144. The zero-order valence-corrected chi connectivity index (χ0v) is 23.9. The minimum atomic E-state index is -0.841. The van der Waals surface area contributed by atoms with Crippen molar-refractivity contribution in [1.82, 2.24) is 14.5 Å². The molecule has 0 unspecified atom stereocenters. The van der Waals surface area contributed by atoms with E-state index in [-0.39, 0.29) is 18.4 Å². The first kappa shape index (κ1) is 29.2. The first-order valence-electron chi connectivity index (χ1n) is 13.2. The van der Waals surface area contributed by atoms with Gasteiger partial charge in [0.2, 0.25) is 0 Å². The molecule has 9 heteroatoms. The number of aryl methyl sites for hydroxylation is 1. The van der Waals surface area contributed by atoms with E-state index in [1.807, 2.05) is 22.9 Å². The van der Waals surface area contributed by atoms with Crippen molar-refractivity contribution in [2.75, 3.05) is 13.7 Å². The van der Waals surface area contributed by atoms with Crippen LogP contribution in [0.5, 0.6) is 0 Å². The highest BCUT2D eigenvalue weighted by Gasteiger charge is 2.63. The van der Waals surface area contributed by atoms with Crippen LogP contribution in [0.3, 0.4) is 0 Å². The number of amides is 2. The second kappa shape index (κ2) is 11.2. The maximum Gasteiger partial charge on any atom is 0.419 e. The number of carbonyl (C=O) groups excluding carboxylic acids is 3. The third kappa shape index (κ3) is 6.94. The number of methoxy groups -OCH3 is 1. The summed E-state index contributed by atoms with van der Waals surface area (Å²) in [6.07, 6.45) is 4.70. The second-order valence-electron chi connectivity index (χ2n) is 11.8. The van der Waals surface area contributed by atoms with Crippen LogP contribution in [-0.2, 0) is 30.8 Å². The smallest absolute Gasteiger partial charge is 0.419 e. The van der Waals surface area contributed by atoms with Crippen molar-refractivity contribution in [1.29, 1.82) is 0 Å². The van der Waals surface area contributed by atoms with Crippen LogP contribution in [0.1, 0.15) is 79.0 Å². The maximum atomic E-state index is 12.9. The highest BCUT2D eigenvalue weighted by atomic mass is 16.6. The topological polar surface area (TPSA) is 100.0 Å². The van der Waals surface area contributed by atoms with Crippen molar-refractivity contribution < 1.29 is 28.6 Å². The average molecular weight is 528 g/mol. The first-order chi connectivity index (χ1) is 17.7. The van der Waals surface area contributed by atoms with Gasteiger partial charge in [-0.1, -0.05) is 19.1 Å². The Bertz CT molecular complexity index is 1110. The summed E-state index contributed by atoms with van der Waals surface area (Å²) in [5, 5.41) is 0. The van der Waals surface area contributed by atoms with Crippen LogP contribution in [0.2, 0.25) is 0 Å². The Kier molecular flexibility index (Phi) is 8.58. The molecule has 0 spiro atoms.